The molecule has 0 atom stereocenters. The van der Waals surface area contributed by atoms with Crippen LogP contribution in [0.5, 0.6) is 5.75 Å². The summed E-state index contributed by atoms with van der Waals surface area (Å²) in [6.07, 6.45) is 3.25. The number of unbranched alkanes of at least 4 members (excludes halogenated alkanes) is 2. The number of rotatable bonds is 11. The van der Waals surface area contributed by atoms with Crippen molar-refractivity contribution in [3.63, 3.8) is 0 Å². The van der Waals surface area contributed by atoms with Crippen molar-refractivity contribution in [3.05, 3.63) is 48.5 Å². The van der Waals surface area contributed by atoms with Gasteiger partial charge in [0.15, 0.2) is 0 Å². The summed E-state index contributed by atoms with van der Waals surface area (Å²) in [5.74, 6) is 0.366. The normalized spacial score (nSPS) is 11.5. The number of carbonyl (C=O) groups is 1. The van der Waals surface area contributed by atoms with E-state index in [1.165, 1.54) is 7.11 Å². The number of nitrogens with zero attached hydrogens (tertiary/aromatic N) is 2. The molecule has 0 saturated heterocycles. The summed E-state index contributed by atoms with van der Waals surface area (Å²) in [5.41, 5.74) is 1.94. The molecule has 1 aromatic heterocycles. The fourth-order valence-electron chi connectivity index (χ4n) is 3.40. The summed E-state index contributed by atoms with van der Waals surface area (Å²) in [4.78, 5) is 15.7. The molecule has 8 heteroatoms. The van der Waals surface area contributed by atoms with E-state index >= 15 is 0 Å². The summed E-state index contributed by atoms with van der Waals surface area (Å²) in [6.45, 7) is 2.29. The molecule has 3 aromatic rings. The van der Waals surface area contributed by atoms with Crippen LogP contribution in [0.15, 0.2) is 53.7 Å². The second kappa shape index (κ2) is 10.4. The minimum Gasteiger partial charge on any atom is -0.491 e. The number of fused-ring (bicyclic) bond motifs is 1. The van der Waals surface area contributed by atoms with E-state index in [1.807, 2.05) is 49.4 Å². The van der Waals surface area contributed by atoms with E-state index in [-0.39, 0.29) is 16.9 Å². The molecule has 0 unspecified atom stereocenters. The van der Waals surface area contributed by atoms with E-state index in [2.05, 4.69) is 9.72 Å². The average molecular weight is 445 g/mol. The van der Waals surface area contributed by atoms with E-state index in [9.17, 15) is 13.2 Å². The Morgan fingerprint density at radius 2 is 1.81 bits per heavy atom. The summed E-state index contributed by atoms with van der Waals surface area (Å²) < 4.78 is 38.2. The van der Waals surface area contributed by atoms with Gasteiger partial charge in [-0.1, -0.05) is 31.2 Å². The Bertz CT molecular complexity index is 1120. The first-order valence-electron chi connectivity index (χ1n) is 10.5. The number of para-hydroxylation sites is 2. The fourth-order valence-corrected chi connectivity index (χ4v) is 4.83. The molecular weight excluding hydrogens is 416 g/mol. The average Bonchev–Trinajstić information content (AvgIpc) is 3.18. The lowest BCUT2D eigenvalue weighted by molar-refractivity contribution is -0.140. The van der Waals surface area contributed by atoms with Crippen molar-refractivity contribution in [3.8, 4) is 11.4 Å². The van der Waals surface area contributed by atoms with Gasteiger partial charge in [-0.25, -0.2) is 13.4 Å². The third-order valence-electron chi connectivity index (χ3n) is 4.89. The van der Waals surface area contributed by atoms with Crippen molar-refractivity contribution in [1.29, 1.82) is 0 Å². The quantitative estimate of drug-likeness (QED) is 0.323. The van der Waals surface area contributed by atoms with Gasteiger partial charge < -0.3 is 9.47 Å². The maximum atomic E-state index is 13.0. The van der Waals surface area contributed by atoms with Gasteiger partial charge in [0.1, 0.15) is 11.3 Å². The molecule has 0 N–H and O–H groups in total. The zero-order valence-electron chi connectivity index (χ0n) is 17.9. The number of hydrogen-bond acceptors (Lipinski definition) is 6. The highest BCUT2D eigenvalue weighted by atomic mass is 32.2. The number of esters is 1. The van der Waals surface area contributed by atoms with Crippen molar-refractivity contribution in [2.45, 2.75) is 44.2 Å². The first kappa shape index (κ1) is 22.8. The highest BCUT2D eigenvalue weighted by Gasteiger charge is 2.25. The smallest absolute Gasteiger partial charge is 0.305 e. The maximum absolute atomic E-state index is 13.0. The van der Waals surface area contributed by atoms with Crippen LogP contribution in [0.25, 0.3) is 16.7 Å². The van der Waals surface area contributed by atoms with Crippen LogP contribution in [0.2, 0.25) is 0 Å². The summed E-state index contributed by atoms with van der Waals surface area (Å²) in [5, 5.41) is 0.0321. The summed E-state index contributed by atoms with van der Waals surface area (Å²) in [6, 6.07) is 14.8. The number of methoxy groups -OCH3 is 1. The van der Waals surface area contributed by atoms with Crippen molar-refractivity contribution in [1.82, 2.24) is 9.55 Å². The molecular formula is C23H28N2O5S. The van der Waals surface area contributed by atoms with E-state index < -0.39 is 9.84 Å². The first-order chi connectivity index (χ1) is 15.0. The molecule has 0 aliphatic heterocycles. The van der Waals surface area contributed by atoms with Gasteiger partial charge in [-0.05, 0) is 49.9 Å². The van der Waals surface area contributed by atoms with Crippen molar-refractivity contribution in [2.75, 3.05) is 19.5 Å². The van der Waals surface area contributed by atoms with Crippen LogP contribution in [0.3, 0.4) is 0 Å². The van der Waals surface area contributed by atoms with Gasteiger partial charge in [-0.3, -0.25) is 9.36 Å². The molecule has 0 amide bonds. The van der Waals surface area contributed by atoms with Gasteiger partial charge in [-0.15, -0.1) is 0 Å². The molecule has 3 rings (SSSR count). The third kappa shape index (κ3) is 5.44. The maximum Gasteiger partial charge on any atom is 0.305 e. The van der Waals surface area contributed by atoms with Crippen LogP contribution in [0.4, 0.5) is 0 Å². The predicted octanol–water partition coefficient (Wildman–Crippen LogP) is 4.32. The SMILES string of the molecule is CCCS(=O)(=O)c1nc2c(OCCCCCC(=O)OC)cccc2n1-c1ccccc1. The van der Waals surface area contributed by atoms with Crippen LogP contribution < -0.4 is 4.74 Å². The molecule has 0 spiro atoms. The molecule has 0 aliphatic rings. The van der Waals surface area contributed by atoms with Crippen LogP contribution in [0.1, 0.15) is 39.0 Å². The van der Waals surface area contributed by atoms with Crippen molar-refractivity contribution < 1.29 is 22.7 Å². The molecule has 2 aromatic carbocycles. The molecule has 0 fully saturated rings. The lowest BCUT2D eigenvalue weighted by Crippen LogP contribution is -2.12. The van der Waals surface area contributed by atoms with Gasteiger partial charge in [0.25, 0.3) is 0 Å². The third-order valence-corrected chi connectivity index (χ3v) is 6.67. The van der Waals surface area contributed by atoms with Gasteiger partial charge in [-0.2, -0.15) is 0 Å². The number of carbonyl (C=O) groups excluding carboxylic acids is 1. The van der Waals surface area contributed by atoms with Crippen molar-refractivity contribution in [2.24, 2.45) is 0 Å². The second-order valence-electron chi connectivity index (χ2n) is 7.24. The van der Waals surface area contributed by atoms with Crippen LogP contribution >= 0.6 is 0 Å². The molecule has 0 aliphatic carbocycles. The number of aromatic nitrogens is 2. The Kier molecular flexibility index (Phi) is 7.68. The van der Waals surface area contributed by atoms with E-state index in [0.717, 1.165) is 24.9 Å². The molecule has 0 saturated carbocycles. The lowest BCUT2D eigenvalue weighted by atomic mass is 10.2. The van der Waals surface area contributed by atoms with E-state index in [0.29, 0.717) is 36.2 Å². The number of benzene rings is 2. The Balaban J connectivity index is 1.88. The minimum atomic E-state index is -3.56. The van der Waals surface area contributed by atoms with Crippen LogP contribution in [-0.4, -0.2) is 43.4 Å². The van der Waals surface area contributed by atoms with Gasteiger partial charge in [0.2, 0.25) is 15.0 Å². The van der Waals surface area contributed by atoms with Crippen LogP contribution in [-0.2, 0) is 19.4 Å². The Labute approximate surface area is 182 Å². The molecule has 1 heterocycles. The first-order valence-corrected chi connectivity index (χ1v) is 12.1. The topological polar surface area (TPSA) is 87.5 Å². The van der Waals surface area contributed by atoms with Gasteiger partial charge in [0, 0.05) is 12.1 Å². The molecule has 0 bridgehead atoms. The van der Waals surface area contributed by atoms with Gasteiger partial charge >= 0.3 is 5.97 Å². The number of ether oxygens (including phenoxy) is 2. The zero-order valence-corrected chi connectivity index (χ0v) is 18.7. The summed E-state index contributed by atoms with van der Waals surface area (Å²) >= 11 is 0. The number of sulfone groups is 1. The Morgan fingerprint density at radius 3 is 2.52 bits per heavy atom. The minimum absolute atomic E-state index is 0.0273. The van der Waals surface area contributed by atoms with E-state index in [4.69, 9.17) is 4.74 Å². The molecule has 31 heavy (non-hydrogen) atoms. The van der Waals surface area contributed by atoms with E-state index in [1.54, 1.807) is 10.6 Å². The van der Waals surface area contributed by atoms with Crippen LogP contribution in [0, 0.1) is 0 Å². The van der Waals surface area contributed by atoms with Crippen molar-refractivity contribution >= 4 is 26.8 Å². The molecule has 0 radical (unpaired) electrons. The predicted molar refractivity (Wildman–Crippen MR) is 119 cm³/mol. The molecule has 7 nitrogen and oxygen atoms in total. The Morgan fingerprint density at radius 1 is 1.03 bits per heavy atom. The second-order valence-corrected chi connectivity index (χ2v) is 9.25. The highest BCUT2D eigenvalue weighted by Crippen LogP contribution is 2.31. The standard InChI is InChI=1S/C23H28N2O5S/c1-3-17-31(27,28)23-24-22-19(25(23)18-11-6-4-7-12-18)13-10-14-20(22)30-16-9-5-8-15-21(26)29-2/h4,6-7,10-14H,3,5,8-9,15-17H2,1-2H3. The number of imidazole rings is 1. The van der Waals surface area contributed by atoms with Gasteiger partial charge in [0.05, 0.1) is 25.0 Å². The summed E-state index contributed by atoms with van der Waals surface area (Å²) in [7, 11) is -2.17. The largest absolute Gasteiger partial charge is 0.491 e. The Hall–Kier alpha value is -2.87. The monoisotopic (exact) mass is 444 g/mol. The number of hydrogen-bond donors (Lipinski definition) is 0. The zero-order chi connectivity index (χ0) is 22.3. The highest BCUT2D eigenvalue weighted by molar-refractivity contribution is 7.91. The fraction of sp³-hybridized carbons (Fsp3) is 0.391. The molecule has 166 valence electrons. The lowest BCUT2D eigenvalue weighted by Gasteiger charge is -2.10.